The molecule has 2 aromatic carbocycles. The quantitative estimate of drug-likeness (QED) is 0.358. The number of likely N-dealkylation sites (tertiary alicyclic amines) is 1. The van der Waals surface area contributed by atoms with Crippen molar-refractivity contribution >= 4 is 50.7 Å². The molecule has 0 aliphatic carbocycles. The number of primary amides is 1. The molecule has 3 aliphatic heterocycles. The lowest BCUT2D eigenvalue weighted by Gasteiger charge is -2.30. The molecule has 0 saturated carbocycles. The summed E-state index contributed by atoms with van der Waals surface area (Å²) in [6.07, 6.45) is 6.25. The molecule has 4 aromatic rings. The predicted molar refractivity (Wildman–Crippen MR) is 141 cm³/mol. The van der Waals surface area contributed by atoms with E-state index in [2.05, 4.69) is 25.8 Å². The van der Waals surface area contributed by atoms with Gasteiger partial charge in [0.15, 0.2) is 0 Å². The van der Waals surface area contributed by atoms with E-state index in [0.717, 1.165) is 49.8 Å². The lowest BCUT2D eigenvalue weighted by atomic mass is 9.92. The molecule has 38 heavy (non-hydrogen) atoms. The van der Waals surface area contributed by atoms with E-state index < -0.39 is 11.8 Å². The van der Waals surface area contributed by atoms with Crippen molar-refractivity contribution in [3.8, 4) is 0 Å². The van der Waals surface area contributed by atoms with Crippen LogP contribution >= 0.6 is 0 Å². The summed E-state index contributed by atoms with van der Waals surface area (Å²) in [4.78, 5) is 43.4. The second kappa shape index (κ2) is 8.39. The third kappa shape index (κ3) is 3.42. The summed E-state index contributed by atoms with van der Waals surface area (Å²) in [5, 5.41) is 4.07. The van der Waals surface area contributed by atoms with Gasteiger partial charge >= 0.3 is 0 Å². The number of aromatic nitrogens is 2. The van der Waals surface area contributed by atoms with E-state index >= 15 is 0 Å². The number of nitrogens with zero attached hydrogens (tertiary/aromatic N) is 2. The van der Waals surface area contributed by atoms with E-state index in [1.807, 2.05) is 18.3 Å². The molecular weight excluding hydrogens is 485 g/mol. The van der Waals surface area contributed by atoms with Crippen molar-refractivity contribution in [2.24, 2.45) is 11.7 Å². The number of hydrogen-bond donors (Lipinski definition) is 3. The van der Waals surface area contributed by atoms with Crippen molar-refractivity contribution in [1.29, 1.82) is 0 Å². The molecule has 2 atom stereocenters. The van der Waals surface area contributed by atoms with Gasteiger partial charge in [0.25, 0.3) is 11.8 Å². The van der Waals surface area contributed by atoms with E-state index in [1.165, 1.54) is 17.7 Å². The fourth-order valence-corrected chi connectivity index (χ4v) is 6.69. The first-order valence-corrected chi connectivity index (χ1v) is 12.9. The third-order valence-electron chi connectivity index (χ3n) is 8.24. The van der Waals surface area contributed by atoms with Crippen molar-refractivity contribution in [1.82, 2.24) is 19.8 Å². The molecule has 2 aromatic heterocycles. The van der Waals surface area contributed by atoms with Gasteiger partial charge in [0.1, 0.15) is 5.82 Å². The van der Waals surface area contributed by atoms with Gasteiger partial charge in [-0.15, -0.1) is 0 Å². The Morgan fingerprint density at radius 1 is 1.08 bits per heavy atom. The zero-order chi connectivity index (χ0) is 26.1. The van der Waals surface area contributed by atoms with Crippen molar-refractivity contribution < 1.29 is 18.8 Å². The highest BCUT2D eigenvalue weighted by atomic mass is 19.1. The van der Waals surface area contributed by atoms with Crippen LogP contribution in [0.2, 0.25) is 0 Å². The van der Waals surface area contributed by atoms with Crippen molar-refractivity contribution in [2.75, 3.05) is 13.1 Å². The minimum absolute atomic E-state index is 0.210. The van der Waals surface area contributed by atoms with E-state index in [0.29, 0.717) is 27.6 Å². The molecule has 7 rings (SSSR count). The molecule has 3 aliphatic rings. The van der Waals surface area contributed by atoms with E-state index in [1.54, 1.807) is 12.3 Å². The average molecular weight is 512 g/mol. The van der Waals surface area contributed by atoms with Crippen LogP contribution < -0.4 is 11.1 Å². The summed E-state index contributed by atoms with van der Waals surface area (Å²) in [6, 6.07) is 10.2. The van der Waals surface area contributed by atoms with E-state index in [9.17, 15) is 18.8 Å². The zero-order valence-corrected chi connectivity index (χ0v) is 20.6. The number of fused-ring (bicyclic) bond motifs is 1. The maximum Gasteiger partial charge on any atom is 0.259 e. The number of halogens is 1. The van der Waals surface area contributed by atoms with Crippen LogP contribution in [-0.4, -0.2) is 51.3 Å². The number of amides is 3. The smallest absolute Gasteiger partial charge is 0.259 e. The molecule has 1 unspecified atom stereocenters. The molecule has 0 spiro atoms. The Morgan fingerprint density at radius 3 is 2.71 bits per heavy atom. The maximum absolute atomic E-state index is 13.8. The highest BCUT2D eigenvalue weighted by Gasteiger charge is 2.37. The number of aromatic amines is 1. The number of nitrogens with two attached hydrogens (primary N) is 1. The Hall–Kier alpha value is -4.24. The molecule has 4 N–H and O–H groups in total. The van der Waals surface area contributed by atoms with Crippen LogP contribution in [0.25, 0.3) is 33.0 Å². The number of carbonyl (C=O) groups is 3. The molecular formula is C29H26FN5O3. The lowest BCUT2D eigenvalue weighted by Crippen LogP contribution is -2.43. The first-order chi connectivity index (χ1) is 18.4. The average Bonchev–Trinajstić information content (AvgIpc) is 3.64. The Balaban J connectivity index is 1.32. The van der Waals surface area contributed by atoms with Crippen LogP contribution in [0, 0.1) is 11.7 Å². The Labute approximate surface area is 217 Å². The molecule has 0 radical (unpaired) electrons. The number of hydrogen-bond acceptors (Lipinski definition) is 4. The summed E-state index contributed by atoms with van der Waals surface area (Å²) < 4.78 is 16.0. The highest BCUT2D eigenvalue weighted by Crippen LogP contribution is 2.41. The van der Waals surface area contributed by atoms with Crippen LogP contribution in [0.4, 0.5) is 4.39 Å². The molecule has 192 valence electrons. The minimum atomic E-state index is -0.466. The first kappa shape index (κ1) is 22.9. The van der Waals surface area contributed by atoms with Crippen molar-refractivity contribution in [2.45, 2.75) is 31.8 Å². The Bertz CT molecular complexity index is 1710. The summed E-state index contributed by atoms with van der Waals surface area (Å²) >= 11 is 0. The summed E-state index contributed by atoms with van der Waals surface area (Å²) in [5.74, 6) is -1.27. The predicted octanol–water partition coefficient (Wildman–Crippen LogP) is 2.95. The van der Waals surface area contributed by atoms with Gasteiger partial charge in [-0.1, -0.05) is 18.2 Å². The van der Waals surface area contributed by atoms with Gasteiger partial charge in [0, 0.05) is 52.9 Å². The van der Waals surface area contributed by atoms with Gasteiger partial charge in [-0.25, -0.2) is 4.39 Å². The third-order valence-corrected chi connectivity index (χ3v) is 8.24. The molecule has 1 fully saturated rings. The number of rotatable bonds is 5. The van der Waals surface area contributed by atoms with Crippen molar-refractivity contribution in [3.05, 3.63) is 71.3 Å². The Kier molecular flexibility index (Phi) is 5.06. The second-order valence-electron chi connectivity index (χ2n) is 10.6. The summed E-state index contributed by atoms with van der Waals surface area (Å²) in [6.45, 7) is 2.38. The van der Waals surface area contributed by atoms with Crippen LogP contribution in [0.3, 0.4) is 0 Å². The molecule has 1 saturated heterocycles. The van der Waals surface area contributed by atoms with Crippen LogP contribution in [-0.2, 0) is 27.3 Å². The zero-order valence-electron chi connectivity index (χ0n) is 20.6. The number of para-hydroxylation sites is 1. The van der Waals surface area contributed by atoms with Gasteiger partial charge < -0.3 is 15.3 Å². The largest absolute Gasteiger partial charge is 0.368 e. The highest BCUT2D eigenvalue weighted by molar-refractivity contribution is 6.50. The molecule has 5 heterocycles. The molecule has 0 bridgehead atoms. The number of benzene rings is 2. The second-order valence-corrected chi connectivity index (χ2v) is 10.6. The van der Waals surface area contributed by atoms with Crippen LogP contribution in [0.1, 0.15) is 29.5 Å². The topological polar surface area (TPSA) is 113 Å². The van der Waals surface area contributed by atoms with Gasteiger partial charge in [-0.05, 0) is 55.5 Å². The maximum atomic E-state index is 13.8. The Morgan fingerprint density at radius 2 is 1.89 bits per heavy atom. The fourth-order valence-electron chi connectivity index (χ4n) is 6.69. The number of nitrogens with one attached hydrogen (secondary N) is 2. The monoisotopic (exact) mass is 511 g/mol. The van der Waals surface area contributed by atoms with Gasteiger partial charge in [0.05, 0.1) is 22.7 Å². The minimum Gasteiger partial charge on any atom is -0.368 e. The lowest BCUT2D eigenvalue weighted by molar-refractivity contribution is -0.123. The molecule has 3 amide bonds. The van der Waals surface area contributed by atoms with Gasteiger partial charge in [-0.2, -0.15) is 0 Å². The number of carbonyl (C=O) groups excluding carboxylic acids is 3. The van der Waals surface area contributed by atoms with E-state index in [-0.39, 0.29) is 29.3 Å². The fraction of sp³-hybridized carbons (Fsp3) is 0.276. The van der Waals surface area contributed by atoms with Gasteiger partial charge in [-0.3, -0.25) is 24.6 Å². The van der Waals surface area contributed by atoms with Crippen LogP contribution in [0.5, 0.6) is 0 Å². The van der Waals surface area contributed by atoms with Crippen molar-refractivity contribution in [3.63, 3.8) is 0 Å². The van der Waals surface area contributed by atoms with Crippen LogP contribution in [0.15, 0.2) is 48.8 Å². The SMILES string of the molecule is NC(=O)[C@@H]1CCCN1CC1Cc2cccc3c(C4=C(c5c[nH]c6cc(F)ccc56)C(=O)NC4=O)cn(c23)C1. The molecule has 8 nitrogen and oxygen atoms in total. The normalized spacial score (nSPS) is 21.7. The van der Waals surface area contributed by atoms with Gasteiger partial charge in [0.2, 0.25) is 5.91 Å². The number of H-pyrrole nitrogens is 1. The van der Waals surface area contributed by atoms with E-state index in [4.69, 9.17) is 5.73 Å². The standard InChI is InChI=1S/C29H26FN5O3/c30-17-6-7-18-20(11-32-22(18)10-17)24-25(29(38)33-28(24)37)21-14-35-13-15(9-16-3-1-4-19(21)26(16)35)12-34-8-2-5-23(34)27(31)36/h1,3-4,6-7,10-11,14-15,23,32H,2,5,8-9,12-13H2,(H2,31,36)(H,33,37,38)/t15?,23-/m0/s1. The first-order valence-electron chi connectivity index (χ1n) is 12.9. The summed E-state index contributed by atoms with van der Waals surface area (Å²) in [7, 11) is 0. The molecule has 9 heteroatoms. The number of imide groups is 1. The summed E-state index contributed by atoms with van der Waals surface area (Å²) in [5.41, 5.74) is 10.3.